The van der Waals surface area contributed by atoms with Gasteiger partial charge in [-0.3, -0.25) is 10.1 Å². The molecule has 2 amide bonds. The molecule has 1 unspecified atom stereocenters. The number of carbonyl (C=O) groups excluding carboxylic acids is 3. The third-order valence-electron chi connectivity index (χ3n) is 3.31. The number of carbonyl (C=O) groups is 3. The lowest BCUT2D eigenvalue weighted by Gasteiger charge is -2.14. The number of aromatic nitrogens is 1. The zero-order valence-corrected chi connectivity index (χ0v) is 15.4. The van der Waals surface area contributed by atoms with Crippen LogP contribution < -0.4 is 10.6 Å². The fourth-order valence-corrected chi connectivity index (χ4v) is 2.14. The van der Waals surface area contributed by atoms with Crippen LogP contribution in [0.1, 0.15) is 24.2 Å². The van der Waals surface area contributed by atoms with Crippen LogP contribution in [0, 0.1) is 0 Å². The number of halogens is 1. The third kappa shape index (κ3) is 5.96. The van der Waals surface area contributed by atoms with E-state index in [0.29, 0.717) is 11.4 Å². The van der Waals surface area contributed by atoms with Gasteiger partial charge < -0.3 is 14.8 Å². The van der Waals surface area contributed by atoms with Crippen molar-refractivity contribution < 1.29 is 23.9 Å². The number of nitrogens with one attached hydrogen (secondary N) is 2. The average molecular weight is 392 g/mol. The van der Waals surface area contributed by atoms with Gasteiger partial charge in [0.2, 0.25) is 0 Å². The Balaban J connectivity index is 1.92. The Labute approximate surface area is 160 Å². The molecule has 2 N–H and O–H groups in total. The Morgan fingerprint density at radius 1 is 1.15 bits per heavy atom. The van der Waals surface area contributed by atoms with Gasteiger partial charge in [0.1, 0.15) is 0 Å². The van der Waals surface area contributed by atoms with E-state index in [1.54, 1.807) is 19.1 Å². The van der Waals surface area contributed by atoms with E-state index in [1.807, 2.05) is 0 Å². The minimum absolute atomic E-state index is 0.133. The smallest absolute Gasteiger partial charge is 0.411 e. The topological polar surface area (TPSA) is 107 Å². The second kappa shape index (κ2) is 9.54. The van der Waals surface area contributed by atoms with E-state index in [0.717, 1.165) is 0 Å². The molecule has 0 aliphatic carbocycles. The highest BCUT2D eigenvalue weighted by atomic mass is 35.5. The maximum absolute atomic E-state index is 12.2. The van der Waals surface area contributed by atoms with Gasteiger partial charge in [-0.05, 0) is 50.2 Å². The van der Waals surface area contributed by atoms with Crippen molar-refractivity contribution in [1.82, 2.24) is 4.98 Å². The molecule has 1 heterocycles. The number of benzene rings is 1. The van der Waals surface area contributed by atoms with Gasteiger partial charge in [0, 0.05) is 11.9 Å². The molecule has 0 bridgehead atoms. The number of hydrogen-bond acceptors (Lipinski definition) is 6. The number of nitrogens with zero attached hydrogens (tertiary/aromatic N) is 1. The SMILES string of the molecule is CCOC(=O)Nc1ccc(C(=O)OC(C)C(=O)Nc2cccnc2Cl)cc1. The molecule has 0 saturated heterocycles. The Kier molecular flexibility index (Phi) is 7.13. The second-order valence-corrected chi connectivity index (χ2v) is 5.66. The lowest BCUT2D eigenvalue weighted by Crippen LogP contribution is -2.30. The molecule has 142 valence electrons. The van der Waals surface area contributed by atoms with Crippen LogP contribution in [0.25, 0.3) is 0 Å². The molecule has 1 aromatic heterocycles. The Hall–Kier alpha value is -3.13. The Bertz CT molecular complexity index is 826. The van der Waals surface area contributed by atoms with Crippen LogP contribution in [0.5, 0.6) is 0 Å². The summed E-state index contributed by atoms with van der Waals surface area (Å²) < 4.78 is 9.90. The van der Waals surface area contributed by atoms with E-state index in [1.165, 1.54) is 37.4 Å². The van der Waals surface area contributed by atoms with Crippen LogP contribution in [0.3, 0.4) is 0 Å². The summed E-state index contributed by atoms with van der Waals surface area (Å²) in [5.41, 5.74) is 1.01. The van der Waals surface area contributed by atoms with Crippen LogP contribution >= 0.6 is 11.6 Å². The second-order valence-electron chi connectivity index (χ2n) is 5.30. The first-order chi connectivity index (χ1) is 12.9. The van der Waals surface area contributed by atoms with Crippen LogP contribution in [0.15, 0.2) is 42.6 Å². The minimum Gasteiger partial charge on any atom is -0.450 e. The zero-order valence-electron chi connectivity index (χ0n) is 14.7. The number of hydrogen-bond donors (Lipinski definition) is 2. The van der Waals surface area contributed by atoms with Crippen LogP contribution in [-0.2, 0) is 14.3 Å². The summed E-state index contributed by atoms with van der Waals surface area (Å²) in [7, 11) is 0. The van der Waals surface area contributed by atoms with Crippen molar-refractivity contribution >= 4 is 40.9 Å². The molecule has 0 aliphatic heterocycles. The van der Waals surface area contributed by atoms with E-state index in [2.05, 4.69) is 15.6 Å². The maximum Gasteiger partial charge on any atom is 0.411 e. The monoisotopic (exact) mass is 391 g/mol. The van der Waals surface area contributed by atoms with Crippen molar-refractivity contribution in [3.05, 3.63) is 53.3 Å². The molecule has 0 spiro atoms. The highest BCUT2D eigenvalue weighted by molar-refractivity contribution is 6.32. The summed E-state index contributed by atoms with van der Waals surface area (Å²) in [6.45, 7) is 3.38. The number of rotatable bonds is 6. The first-order valence-corrected chi connectivity index (χ1v) is 8.44. The molecular formula is C18H18ClN3O5. The zero-order chi connectivity index (χ0) is 19.8. The van der Waals surface area contributed by atoms with Gasteiger partial charge in [0.15, 0.2) is 11.3 Å². The van der Waals surface area contributed by atoms with Crippen molar-refractivity contribution in [2.24, 2.45) is 0 Å². The average Bonchev–Trinajstić information content (AvgIpc) is 2.64. The number of amides is 2. The summed E-state index contributed by atoms with van der Waals surface area (Å²) in [4.78, 5) is 39.5. The first kappa shape index (κ1) is 20.2. The number of anilines is 2. The molecule has 0 fully saturated rings. The van der Waals surface area contributed by atoms with Crippen molar-refractivity contribution in [2.75, 3.05) is 17.2 Å². The molecular weight excluding hydrogens is 374 g/mol. The quantitative estimate of drug-likeness (QED) is 0.576. The summed E-state index contributed by atoms with van der Waals surface area (Å²) in [5.74, 6) is -1.23. The summed E-state index contributed by atoms with van der Waals surface area (Å²) in [5, 5.41) is 5.18. The fourth-order valence-electron chi connectivity index (χ4n) is 1.97. The largest absolute Gasteiger partial charge is 0.450 e. The molecule has 8 nitrogen and oxygen atoms in total. The normalized spacial score (nSPS) is 11.2. The molecule has 27 heavy (non-hydrogen) atoms. The standard InChI is InChI=1S/C18H18ClN3O5/c1-3-26-18(25)21-13-8-6-12(7-9-13)17(24)27-11(2)16(23)22-14-5-4-10-20-15(14)19/h4-11H,3H2,1-2H3,(H,21,25)(H,22,23). The van der Waals surface area contributed by atoms with Crippen molar-refractivity contribution in [3.63, 3.8) is 0 Å². The van der Waals surface area contributed by atoms with Gasteiger partial charge in [0.25, 0.3) is 5.91 Å². The Morgan fingerprint density at radius 3 is 2.48 bits per heavy atom. The predicted octanol–water partition coefficient (Wildman–Crippen LogP) is 3.49. The molecule has 0 aliphatic rings. The van der Waals surface area contributed by atoms with Crippen molar-refractivity contribution in [1.29, 1.82) is 0 Å². The van der Waals surface area contributed by atoms with E-state index >= 15 is 0 Å². The highest BCUT2D eigenvalue weighted by Gasteiger charge is 2.20. The molecule has 1 aromatic carbocycles. The fraction of sp³-hybridized carbons (Fsp3) is 0.222. The molecule has 9 heteroatoms. The van der Waals surface area contributed by atoms with E-state index in [4.69, 9.17) is 21.1 Å². The summed E-state index contributed by atoms with van der Waals surface area (Å²) in [6, 6.07) is 9.17. The highest BCUT2D eigenvalue weighted by Crippen LogP contribution is 2.18. The molecule has 0 saturated carbocycles. The first-order valence-electron chi connectivity index (χ1n) is 8.07. The number of esters is 1. The third-order valence-corrected chi connectivity index (χ3v) is 3.61. The Morgan fingerprint density at radius 2 is 1.85 bits per heavy atom. The van der Waals surface area contributed by atoms with E-state index in [-0.39, 0.29) is 17.3 Å². The lowest BCUT2D eigenvalue weighted by atomic mass is 10.2. The number of ether oxygens (including phenoxy) is 2. The van der Waals surface area contributed by atoms with E-state index < -0.39 is 24.1 Å². The number of pyridine rings is 1. The predicted molar refractivity (Wildman–Crippen MR) is 99.8 cm³/mol. The van der Waals surface area contributed by atoms with Gasteiger partial charge >= 0.3 is 12.1 Å². The van der Waals surface area contributed by atoms with Crippen LogP contribution in [-0.4, -0.2) is 35.7 Å². The van der Waals surface area contributed by atoms with Crippen LogP contribution in [0.4, 0.5) is 16.2 Å². The molecule has 0 radical (unpaired) electrons. The van der Waals surface area contributed by atoms with E-state index in [9.17, 15) is 14.4 Å². The molecule has 2 rings (SSSR count). The van der Waals surface area contributed by atoms with Gasteiger partial charge in [-0.2, -0.15) is 0 Å². The van der Waals surface area contributed by atoms with Crippen molar-refractivity contribution in [2.45, 2.75) is 20.0 Å². The minimum atomic E-state index is -1.05. The van der Waals surface area contributed by atoms with Gasteiger partial charge in [-0.15, -0.1) is 0 Å². The maximum atomic E-state index is 12.2. The summed E-state index contributed by atoms with van der Waals surface area (Å²) in [6.07, 6.45) is -0.152. The molecule has 1 atom stereocenters. The van der Waals surface area contributed by atoms with Gasteiger partial charge in [-0.1, -0.05) is 11.6 Å². The van der Waals surface area contributed by atoms with Crippen LogP contribution in [0.2, 0.25) is 5.15 Å². The van der Waals surface area contributed by atoms with Gasteiger partial charge in [0.05, 0.1) is 17.9 Å². The van der Waals surface area contributed by atoms with Gasteiger partial charge in [-0.25, -0.2) is 14.6 Å². The summed E-state index contributed by atoms with van der Waals surface area (Å²) >= 11 is 5.87. The molecule has 2 aromatic rings. The lowest BCUT2D eigenvalue weighted by molar-refractivity contribution is -0.123. The van der Waals surface area contributed by atoms with Crippen molar-refractivity contribution in [3.8, 4) is 0 Å².